The summed E-state index contributed by atoms with van der Waals surface area (Å²) in [5.74, 6) is -0.319. The van der Waals surface area contributed by atoms with E-state index in [1.165, 1.54) is 0 Å². The molecule has 0 aliphatic heterocycles. The van der Waals surface area contributed by atoms with Gasteiger partial charge in [-0.25, -0.2) is 5.48 Å². The number of rotatable bonds is 6. The molecule has 0 bridgehead atoms. The number of amides is 1. The molecule has 0 saturated heterocycles. The topological polar surface area (TPSA) is 61.4 Å². The van der Waals surface area contributed by atoms with E-state index in [1.54, 1.807) is 5.48 Å². The average Bonchev–Trinajstić information content (AvgIpc) is 2.11. The summed E-state index contributed by atoms with van der Waals surface area (Å²) in [7, 11) is 0. The van der Waals surface area contributed by atoms with E-state index >= 15 is 0 Å². The van der Waals surface area contributed by atoms with Crippen LogP contribution < -0.4 is 10.8 Å². The Bertz CT molecular complexity index is 128. The highest BCUT2D eigenvalue weighted by Gasteiger charge is 1.99. The van der Waals surface area contributed by atoms with Gasteiger partial charge < -0.3 is 5.32 Å². The predicted octanol–water partition coefficient (Wildman–Crippen LogP) is 0.660. The first kappa shape index (κ1) is 11.4. The van der Waals surface area contributed by atoms with Gasteiger partial charge in [0.2, 0.25) is 5.91 Å². The summed E-state index contributed by atoms with van der Waals surface area (Å²) in [5, 5.41) is 11.4. The van der Waals surface area contributed by atoms with Crippen molar-refractivity contribution in [3.8, 4) is 0 Å². The van der Waals surface area contributed by atoms with Crippen LogP contribution in [0.15, 0.2) is 0 Å². The van der Waals surface area contributed by atoms with Crippen molar-refractivity contribution in [3.63, 3.8) is 0 Å². The summed E-state index contributed by atoms with van der Waals surface area (Å²) in [4.78, 5) is 10.5. The molecule has 3 N–H and O–H groups in total. The van der Waals surface area contributed by atoms with Gasteiger partial charge in [0.25, 0.3) is 0 Å². The minimum Gasteiger partial charge on any atom is -0.314 e. The van der Waals surface area contributed by atoms with Gasteiger partial charge in [0.05, 0.1) is 0 Å². The van der Waals surface area contributed by atoms with Crippen molar-refractivity contribution in [2.75, 3.05) is 6.54 Å². The highest BCUT2D eigenvalue weighted by atomic mass is 16.5. The van der Waals surface area contributed by atoms with Crippen LogP contribution >= 0.6 is 0 Å². The second-order valence-electron chi connectivity index (χ2n) is 2.90. The van der Waals surface area contributed by atoms with Crippen molar-refractivity contribution in [1.82, 2.24) is 10.8 Å². The van der Waals surface area contributed by atoms with Crippen molar-refractivity contribution < 1.29 is 10.0 Å². The molecule has 0 fully saturated rings. The van der Waals surface area contributed by atoms with Crippen molar-refractivity contribution in [2.24, 2.45) is 0 Å². The number of hydrogen-bond donors (Lipinski definition) is 3. The van der Waals surface area contributed by atoms with Crippen LogP contribution in [-0.2, 0) is 4.79 Å². The average molecular weight is 174 g/mol. The third kappa shape index (κ3) is 6.12. The molecule has 1 unspecified atom stereocenters. The Hall–Kier alpha value is -0.610. The lowest BCUT2D eigenvalue weighted by molar-refractivity contribution is -0.129. The smallest absolute Gasteiger partial charge is 0.243 e. The molecule has 0 heterocycles. The molecule has 0 aliphatic carbocycles. The SMILES string of the molecule is CCC(C)NCCCC(=O)NO. The number of nitrogens with one attached hydrogen (secondary N) is 2. The van der Waals surface area contributed by atoms with Gasteiger partial charge in [0.15, 0.2) is 0 Å². The van der Waals surface area contributed by atoms with Crippen LogP contribution in [0.2, 0.25) is 0 Å². The Labute approximate surface area is 73.3 Å². The molecular formula is C8H18N2O2. The molecule has 1 amide bonds. The van der Waals surface area contributed by atoms with E-state index < -0.39 is 0 Å². The Balaban J connectivity index is 3.15. The lowest BCUT2D eigenvalue weighted by Crippen LogP contribution is -2.27. The van der Waals surface area contributed by atoms with Gasteiger partial charge in [-0.15, -0.1) is 0 Å². The zero-order valence-corrected chi connectivity index (χ0v) is 7.76. The van der Waals surface area contributed by atoms with Crippen LogP contribution in [0.5, 0.6) is 0 Å². The largest absolute Gasteiger partial charge is 0.314 e. The summed E-state index contributed by atoms with van der Waals surface area (Å²) in [6, 6.07) is 0.502. The maximum absolute atomic E-state index is 10.5. The molecule has 0 aromatic carbocycles. The molecule has 0 saturated carbocycles. The van der Waals surface area contributed by atoms with E-state index in [9.17, 15) is 4.79 Å². The van der Waals surface area contributed by atoms with Gasteiger partial charge in [-0.05, 0) is 26.3 Å². The van der Waals surface area contributed by atoms with Crippen LogP contribution in [0.25, 0.3) is 0 Å². The standard InChI is InChI=1S/C8H18N2O2/c1-3-7(2)9-6-4-5-8(11)10-12/h7,9,12H,3-6H2,1-2H3,(H,10,11). The Morgan fingerprint density at radius 1 is 1.58 bits per heavy atom. The fourth-order valence-corrected chi connectivity index (χ4v) is 0.798. The Morgan fingerprint density at radius 3 is 2.75 bits per heavy atom. The zero-order chi connectivity index (χ0) is 9.40. The van der Waals surface area contributed by atoms with Crippen LogP contribution in [0.1, 0.15) is 33.1 Å². The number of hydroxylamine groups is 1. The van der Waals surface area contributed by atoms with E-state index in [-0.39, 0.29) is 5.91 Å². The van der Waals surface area contributed by atoms with Crippen LogP contribution in [0, 0.1) is 0 Å². The molecule has 0 rings (SSSR count). The number of carbonyl (C=O) groups is 1. The second kappa shape index (κ2) is 7.06. The van der Waals surface area contributed by atoms with E-state index in [4.69, 9.17) is 5.21 Å². The van der Waals surface area contributed by atoms with Crippen molar-refractivity contribution in [2.45, 2.75) is 39.2 Å². The van der Waals surface area contributed by atoms with Gasteiger partial charge in [-0.1, -0.05) is 6.92 Å². The van der Waals surface area contributed by atoms with E-state index in [1.807, 2.05) is 0 Å². The number of carbonyl (C=O) groups excluding carboxylic acids is 1. The maximum atomic E-state index is 10.5. The molecular weight excluding hydrogens is 156 g/mol. The fourth-order valence-electron chi connectivity index (χ4n) is 0.798. The van der Waals surface area contributed by atoms with Crippen molar-refractivity contribution in [3.05, 3.63) is 0 Å². The summed E-state index contributed by atoms with van der Waals surface area (Å²) in [5.41, 5.74) is 1.60. The molecule has 0 aromatic heterocycles. The highest BCUT2D eigenvalue weighted by Crippen LogP contribution is 1.90. The van der Waals surface area contributed by atoms with Gasteiger partial charge in [0, 0.05) is 12.5 Å². The van der Waals surface area contributed by atoms with Gasteiger partial charge >= 0.3 is 0 Å². The molecule has 4 heteroatoms. The molecule has 0 radical (unpaired) electrons. The van der Waals surface area contributed by atoms with Crippen molar-refractivity contribution in [1.29, 1.82) is 0 Å². The Kier molecular flexibility index (Phi) is 6.70. The van der Waals surface area contributed by atoms with Crippen LogP contribution in [0.4, 0.5) is 0 Å². The van der Waals surface area contributed by atoms with Gasteiger partial charge in [-0.3, -0.25) is 10.0 Å². The maximum Gasteiger partial charge on any atom is 0.243 e. The van der Waals surface area contributed by atoms with Crippen LogP contribution in [0.3, 0.4) is 0 Å². The number of hydrogen-bond acceptors (Lipinski definition) is 3. The molecule has 0 aromatic rings. The minimum absolute atomic E-state index is 0.319. The van der Waals surface area contributed by atoms with Crippen LogP contribution in [-0.4, -0.2) is 23.7 Å². The first-order valence-corrected chi connectivity index (χ1v) is 4.37. The molecule has 12 heavy (non-hydrogen) atoms. The van der Waals surface area contributed by atoms with E-state index in [0.29, 0.717) is 12.5 Å². The first-order chi connectivity index (χ1) is 5.70. The van der Waals surface area contributed by atoms with Gasteiger partial charge in [-0.2, -0.15) is 0 Å². The predicted molar refractivity (Wildman–Crippen MR) is 46.9 cm³/mol. The second-order valence-corrected chi connectivity index (χ2v) is 2.90. The summed E-state index contributed by atoms with van der Waals surface area (Å²) in [6.45, 7) is 5.03. The molecule has 0 spiro atoms. The lowest BCUT2D eigenvalue weighted by Gasteiger charge is -2.09. The summed E-state index contributed by atoms with van der Waals surface area (Å²) in [6.07, 6.45) is 2.23. The molecule has 1 atom stereocenters. The summed E-state index contributed by atoms with van der Waals surface area (Å²) >= 11 is 0. The fraction of sp³-hybridized carbons (Fsp3) is 0.875. The molecule has 0 aliphatic rings. The summed E-state index contributed by atoms with van der Waals surface area (Å²) < 4.78 is 0. The first-order valence-electron chi connectivity index (χ1n) is 4.37. The monoisotopic (exact) mass is 174 g/mol. The molecule has 4 nitrogen and oxygen atoms in total. The van der Waals surface area contributed by atoms with E-state index in [0.717, 1.165) is 19.4 Å². The minimum atomic E-state index is -0.319. The third-order valence-electron chi connectivity index (χ3n) is 1.81. The molecule has 72 valence electrons. The highest BCUT2D eigenvalue weighted by molar-refractivity contribution is 5.74. The Morgan fingerprint density at radius 2 is 2.25 bits per heavy atom. The zero-order valence-electron chi connectivity index (χ0n) is 7.76. The van der Waals surface area contributed by atoms with Gasteiger partial charge in [0.1, 0.15) is 0 Å². The third-order valence-corrected chi connectivity index (χ3v) is 1.81. The van der Waals surface area contributed by atoms with Crippen molar-refractivity contribution >= 4 is 5.91 Å². The van der Waals surface area contributed by atoms with E-state index in [2.05, 4.69) is 19.2 Å². The normalized spacial score (nSPS) is 12.6. The quantitative estimate of drug-likeness (QED) is 0.315. The lowest BCUT2D eigenvalue weighted by atomic mass is 10.2.